The highest BCUT2D eigenvalue weighted by molar-refractivity contribution is 5.80. The van der Waals surface area contributed by atoms with Crippen LogP contribution in [-0.2, 0) is 11.3 Å². The van der Waals surface area contributed by atoms with Crippen LogP contribution in [0.2, 0.25) is 0 Å². The second-order valence-corrected chi connectivity index (χ2v) is 3.33. The number of carbonyl (C=O) groups is 1. The highest BCUT2D eigenvalue weighted by atomic mass is 19.1. The molecule has 0 heterocycles. The number of nitrogens with two attached hydrogens (primary N) is 1. The Morgan fingerprint density at radius 1 is 1.62 bits per heavy atom. The third-order valence-electron chi connectivity index (χ3n) is 2.17. The van der Waals surface area contributed by atoms with Gasteiger partial charge in [0.25, 0.3) is 5.91 Å². The number of halogens is 1. The van der Waals surface area contributed by atoms with Crippen molar-refractivity contribution in [2.24, 2.45) is 5.73 Å². The average molecular weight is 226 g/mol. The molecule has 5 heteroatoms. The van der Waals surface area contributed by atoms with Gasteiger partial charge in [-0.15, -0.1) is 0 Å². The molecule has 16 heavy (non-hydrogen) atoms. The Bertz CT molecular complexity index is 382. The summed E-state index contributed by atoms with van der Waals surface area (Å²) in [6.45, 7) is 1.73. The van der Waals surface area contributed by atoms with E-state index in [0.717, 1.165) is 0 Å². The fraction of sp³-hybridized carbons (Fsp3) is 0.364. The molecular weight excluding hydrogens is 211 g/mol. The number of likely N-dealkylation sites (N-methyl/N-ethyl adjacent to an activating group) is 1. The largest absolute Gasteiger partial charge is 0.481 e. The molecule has 3 N–H and O–H groups in total. The molecule has 88 valence electrons. The van der Waals surface area contributed by atoms with Gasteiger partial charge in [0.1, 0.15) is 11.6 Å². The van der Waals surface area contributed by atoms with E-state index in [1.165, 1.54) is 13.1 Å². The molecule has 0 aromatic heterocycles. The summed E-state index contributed by atoms with van der Waals surface area (Å²) in [4.78, 5) is 11.2. The van der Waals surface area contributed by atoms with Gasteiger partial charge in [-0.25, -0.2) is 4.39 Å². The van der Waals surface area contributed by atoms with Gasteiger partial charge in [-0.2, -0.15) is 0 Å². The predicted octanol–water partition coefficient (Wildman–Crippen LogP) is 0.798. The van der Waals surface area contributed by atoms with Gasteiger partial charge in [0, 0.05) is 25.2 Å². The molecule has 0 saturated carbocycles. The Morgan fingerprint density at radius 2 is 2.31 bits per heavy atom. The molecule has 0 fully saturated rings. The van der Waals surface area contributed by atoms with Crippen LogP contribution in [0.15, 0.2) is 18.2 Å². The monoisotopic (exact) mass is 226 g/mol. The summed E-state index contributed by atoms with van der Waals surface area (Å²) in [6.07, 6.45) is -0.659. The maximum absolute atomic E-state index is 13.3. The fourth-order valence-corrected chi connectivity index (χ4v) is 1.23. The first-order valence-electron chi connectivity index (χ1n) is 4.95. The van der Waals surface area contributed by atoms with E-state index >= 15 is 0 Å². The van der Waals surface area contributed by atoms with Crippen LogP contribution in [0.4, 0.5) is 4.39 Å². The van der Waals surface area contributed by atoms with Crippen molar-refractivity contribution < 1.29 is 13.9 Å². The van der Waals surface area contributed by atoms with Crippen LogP contribution >= 0.6 is 0 Å². The lowest BCUT2D eigenvalue weighted by Crippen LogP contribution is -2.33. The molecule has 0 spiro atoms. The van der Waals surface area contributed by atoms with Crippen molar-refractivity contribution in [3.8, 4) is 5.75 Å². The maximum atomic E-state index is 13.3. The van der Waals surface area contributed by atoms with Crippen LogP contribution in [0.25, 0.3) is 0 Å². The van der Waals surface area contributed by atoms with Gasteiger partial charge >= 0.3 is 0 Å². The number of benzene rings is 1. The zero-order valence-electron chi connectivity index (χ0n) is 9.29. The Hall–Kier alpha value is -1.62. The standard InChI is InChI=1S/C11H15FN2O2/c1-7(11(15)14-2)16-9-4-3-8(6-13)10(12)5-9/h3-5,7H,6,13H2,1-2H3,(H,14,15). The molecule has 0 aliphatic rings. The maximum Gasteiger partial charge on any atom is 0.260 e. The number of hydrogen-bond acceptors (Lipinski definition) is 3. The minimum atomic E-state index is -0.659. The summed E-state index contributed by atoms with van der Waals surface area (Å²) in [6, 6.07) is 4.35. The first-order valence-corrected chi connectivity index (χ1v) is 4.95. The number of hydrogen-bond donors (Lipinski definition) is 2. The van der Waals surface area contributed by atoms with E-state index < -0.39 is 11.9 Å². The molecule has 1 amide bonds. The minimum Gasteiger partial charge on any atom is -0.481 e. The predicted molar refractivity (Wildman–Crippen MR) is 58.4 cm³/mol. The van der Waals surface area contributed by atoms with Gasteiger partial charge in [0.2, 0.25) is 0 Å². The molecule has 0 aliphatic carbocycles. The molecule has 1 aromatic rings. The number of carbonyl (C=O) groups excluding carboxylic acids is 1. The van der Waals surface area contributed by atoms with Crippen molar-refractivity contribution in [1.29, 1.82) is 0 Å². The zero-order valence-corrected chi connectivity index (χ0v) is 9.29. The molecule has 1 atom stereocenters. The van der Waals surface area contributed by atoms with Crippen LogP contribution in [-0.4, -0.2) is 19.1 Å². The van der Waals surface area contributed by atoms with Crippen molar-refractivity contribution in [3.63, 3.8) is 0 Å². The minimum absolute atomic E-state index is 0.136. The Labute approximate surface area is 93.6 Å². The van der Waals surface area contributed by atoms with E-state index in [4.69, 9.17) is 10.5 Å². The van der Waals surface area contributed by atoms with Gasteiger partial charge in [-0.05, 0) is 13.0 Å². The Balaban J connectivity index is 2.75. The Kier molecular flexibility index (Phi) is 4.25. The van der Waals surface area contributed by atoms with E-state index in [2.05, 4.69) is 5.32 Å². The van der Waals surface area contributed by atoms with E-state index in [1.54, 1.807) is 19.1 Å². The van der Waals surface area contributed by atoms with Gasteiger partial charge < -0.3 is 15.8 Å². The van der Waals surface area contributed by atoms with Crippen molar-refractivity contribution in [3.05, 3.63) is 29.6 Å². The van der Waals surface area contributed by atoms with Crippen LogP contribution in [0, 0.1) is 5.82 Å². The van der Waals surface area contributed by atoms with Crippen molar-refractivity contribution in [1.82, 2.24) is 5.32 Å². The van der Waals surface area contributed by atoms with Crippen LogP contribution in [0.5, 0.6) is 5.75 Å². The van der Waals surface area contributed by atoms with Crippen LogP contribution in [0.1, 0.15) is 12.5 Å². The molecule has 0 radical (unpaired) electrons. The van der Waals surface area contributed by atoms with Gasteiger partial charge in [-0.3, -0.25) is 4.79 Å². The van der Waals surface area contributed by atoms with E-state index in [1.807, 2.05) is 0 Å². The number of nitrogens with one attached hydrogen (secondary N) is 1. The summed E-state index contributed by atoms with van der Waals surface area (Å²) >= 11 is 0. The summed E-state index contributed by atoms with van der Waals surface area (Å²) in [7, 11) is 1.51. The normalized spacial score (nSPS) is 12.0. The van der Waals surface area contributed by atoms with Gasteiger partial charge in [0.05, 0.1) is 0 Å². The van der Waals surface area contributed by atoms with Crippen LogP contribution in [0.3, 0.4) is 0 Å². The second-order valence-electron chi connectivity index (χ2n) is 3.33. The topological polar surface area (TPSA) is 64.3 Å². The van der Waals surface area contributed by atoms with E-state index in [-0.39, 0.29) is 12.5 Å². The second kappa shape index (κ2) is 5.46. The molecular formula is C11H15FN2O2. The quantitative estimate of drug-likeness (QED) is 0.798. The smallest absolute Gasteiger partial charge is 0.260 e. The molecule has 4 nitrogen and oxygen atoms in total. The highest BCUT2D eigenvalue weighted by Crippen LogP contribution is 2.17. The Morgan fingerprint density at radius 3 is 2.81 bits per heavy atom. The van der Waals surface area contributed by atoms with Crippen molar-refractivity contribution in [2.45, 2.75) is 19.6 Å². The van der Waals surface area contributed by atoms with E-state index in [9.17, 15) is 9.18 Å². The summed E-state index contributed by atoms with van der Waals surface area (Å²) in [5.74, 6) is -0.377. The van der Waals surface area contributed by atoms with Gasteiger partial charge in [-0.1, -0.05) is 6.07 Å². The first-order chi connectivity index (χ1) is 7.58. The van der Waals surface area contributed by atoms with Crippen LogP contribution < -0.4 is 15.8 Å². The molecule has 1 unspecified atom stereocenters. The summed E-state index contributed by atoms with van der Waals surface area (Å²) < 4.78 is 18.6. The molecule has 1 aromatic carbocycles. The SMILES string of the molecule is CNC(=O)C(C)Oc1ccc(CN)c(F)c1. The number of amides is 1. The summed E-state index contributed by atoms with van der Waals surface area (Å²) in [5, 5.41) is 2.44. The first kappa shape index (κ1) is 12.4. The molecule has 0 bridgehead atoms. The highest BCUT2D eigenvalue weighted by Gasteiger charge is 2.13. The third kappa shape index (κ3) is 2.93. The fourth-order valence-electron chi connectivity index (χ4n) is 1.23. The zero-order chi connectivity index (χ0) is 12.1. The third-order valence-corrected chi connectivity index (χ3v) is 2.17. The van der Waals surface area contributed by atoms with Crippen molar-refractivity contribution >= 4 is 5.91 Å². The number of ether oxygens (including phenoxy) is 1. The molecule has 0 aliphatic heterocycles. The van der Waals surface area contributed by atoms with Gasteiger partial charge in [0.15, 0.2) is 6.10 Å². The average Bonchev–Trinajstić information content (AvgIpc) is 2.28. The number of rotatable bonds is 4. The van der Waals surface area contributed by atoms with Crippen molar-refractivity contribution in [2.75, 3.05) is 7.05 Å². The molecule has 0 saturated heterocycles. The lowest BCUT2D eigenvalue weighted by atomic mass is 10.2. The lowest BCUT2D eigenvalue weighted by molar-refractivity contribution is -0.126. The van der Waals surface area contributed by atoms with E-state index in [0.29, 0.717) is 11.3 Å². The molecule has 1 rings (SSSR count). The lowest BCUT2D eigenvalue weighted by Gasteiger charge is -2.13. The summed E-state index contributed by atoms with van der Waals surface area (Å²) in [5.41, 5.74) is 5.74.